The largest absolute Gasteiger partial charge is 0.480 e. The van der Waals surface area contributed by atoms with Gasteiger partial charge >= 0.3 is 5.97 Å². The molecule has 0 aliphatic heterocycles. The van der Waals surface area contributed by atoms with Gasteiger partial charge in [0.15, 0.2) is 0 Å². The number of hydrogen-bond acceptors (Lipinski definition) is 3. The van der Waals surface area contributed by atoms with Crippen LogP contribution in [0.1, 0.15) is 32.6 Å². The van der Waals surface area contributed by atoms with Crippen LogP contribution < -0.4 is 11.5 Å². The predicted molar refractivity (Wildman–Crippen MR) is 50.2 cm³/mol. The van der Waals surface area contributed by atoms with Crippen molar-refractivity contribution in [2.75, 3.05) is 0 Å². The van der Waals surface area contributed by atoms with Crippen molar-refractivity contribution < 1.29 is 9.90 Å². The molecule has 1 fully saturated rings. The summed E-state index contributed by atoms with van der Waals surface area (Å²) in [6, 6.07) is 0.126. The molecule has 4 heteroatoms. The van der Waals surface area contributed by atoms with Gasteiger partial charge in [-0.25, -0.2) is 0 Å². The van der Waals surface area contributed by atoms with Gasteiger partial charge in [0.05, 0.1) is 0 Å². The molecule has 0 amide bonds. The van der Waals surface area contributed by atoms with E-state index < -0.39 is 11.5 Å². The second-order valence-corrected chi connectivity index (χ2v) is 4.21. The lowest BCUT2D eigenvalue weighted by Crippen LogP contribution is -2.53. The van der Waals surface area contributed by atoms with Crippen LogP contribution in [0.3, 0.4) is 0 Å². The number of rotatable bonds is 2. The second-order valence-electron chi connectivity index (χ2n) is 4.21. The van der Waals surface area contributed by atoms with Gasteiger partial charge in [-0.2, -0.15) is 0 Å². The Labute approximate surface area is 78.3 Å². The summed E-state index contributed by atoms with van der Waals surface area (Å²) in [6.07, 6.45) is 3.60. The van der Waals surface area contributed by atoms with Crippen LogP contribution in [0.15, 0.2) is 0 Å². The first-order valence-electron chi connectivity index (χ1n) is 4.72. The molecule has 0 spiro atoms. The maximum Gasteiger partial charge on any atom is 0.323 e. The van der Waals surface area contributed by atoms with E-state index in [2.05, 4.69) is 0 Å². The molecule has 0 bridgehead atoms. The molecule has 0 aromatic rings. The molecule has 1 aliphatic rings. The molecule has 5 N–H and O–H groups in total. The van der Waals surface area contributed by atoms with Crippen LogP contribution in [0.4, 0.5) is 0 Å². The average molecular weight is 186 g/mol. The third-order valence-corrected chi connectivity index (χ3v) is 3.02. The van der Waals surface area contributed by atoms with E-state index in [9.17, 15) is 4.79 Å². The van der Waals surface area contributed by atoms with Gasteiger partial charge in [-0.3, -0.25) is 4.79 Å². The zero-order valence-corrected chi connectivity index (χ0v) is 7.99. The van der Waals surface area contributed by atoms with Crippen molar-refractivity contribution >= 4 is 5.97 Å². The molecule has 3 atom stereocenters. The van der Waals surface area contributed by atoms with Crippen LogP contribution in [-0.4, -0.2) is 22.7 Å². The molecule has 4 nitrogen and oxygen atoms in total. The van der Waals surface area contributed by atoms with E-state index in [4.69, 9.17) is 16.6 Å². The Morgan fingerprint density at radius 1 is 1.54 bits per heavy atom. The van der Waals surface area contributed by atoms with Gasteiger partial charge in [0, 0.05) is 6.04 Å². The minimum absolute atomic E-state index is 0.0220. The lowest BCUT2D eigenvalue weighted by Gasteiger charge is -2.35. The van der Waals surface area contributed by atoms with Gasteiger partial charge in [-0.15, -0.1) is 0 Å². The Bertz CT molecular complexity index is 204. The average Bonchev–Trinajstić information content (AvgIpc) is 2.04. The van der Waals surface area contributed by atoms with Gasteiger partial charge in [-0.1, -0.05) is 6.42 Å². The van der Waals surface area contributed by atoms with Crippen LogP contribution in [0, 0.1) is 5.92 Å². The summed E-state index contributed by atoms with van der Waals surface area (Å²) in [5.41, 5.74) is 10.4. The van der Waals surface area contributed by atoms with E-state index >= 15 is 0 Å². The van der Waals surface area contributed by atoms with Gasteiger partial charge in [0.2, 0.25) is 0 Å². The molecular weight excluding hydrogens is 168 g/mol. The van der Waals surface area contributed by atoms with E-state index in [-0.39, 0.29) is 12.0 Å². The van der Waals surface area contributed by atoms with Crippen molar-refractivity contribution in [3.05, 3.63) is 0 Å². The monoisotopic (exact) mass is 186 g/mol. The third-order valence-electron chi connectivity index (χ3n) is 3.02. The highest BCUT2D eigenvalue weighted by molar-refractivity contribution is 5.78. The Balaban J connectivity index is 2.64. The lowest BCUT2D eigenvalue weighted by atomic mass is 9.74. The molecule has 1 saturated carbocycles. The smallest absolute Gasteiger partial charge is 0.323 e. The quantitative estimate of drug-likeness (QED) is 0.579. The lowest BCUT2D eigenvalue weighted by molar-refractivity contribution is -0.145. The molecule has 0 aromatic heterocycles. The topological polar surface area (TPSA) is 89.3 Å². The molecule has 76 valence electrons. The van der Waals surface area contributed by atoms with Gasteiger partial charge < -0.3 is 16.6 Å². The molecule has 0 radical (unpaired) electrons. The molecule has 3 unspecified atom stereocenters. The number of nitrogens with two attached hydrogens (primary N) is 2. The molecule has 0 aromatic carbocycles. The van der Waals surface area contributed by atoms with Crippen molar-refractivity contribution in [1.82, 2.24) is 0 Å². The van der Waals surface area contributed by atoms with E-state index in [1.165, 1.54) is 0 Å². The Morgan fingerprint density at radius 2 is 2.15 bits per heavy atom. The number of carbonyl (C=O) groups is 1. The van der Waals surface area contributed by atoms with Crippen LogP contribution >= 0.6 is 0 Å². The molecule has 0 saturated heterocycles. The number of carboxylic acids is 1. The van der Waals surface area contributed by atoms with Crippen LogP contribution in [0.5, 0.6) is 0 Å². The maximum atomic E-state index is 10.9. The van der Waals surface area contributed by atoms with E-state index in [1.807, 2.05) is 0 Å². The molecule has 13 heavy (non-hydrogen) atoms. The summed E-state index contributed by atoms with van der Waals surface area (Å²) in [7, 11) is 0. The van der Waals surface area contributed by atoms with Crippen molar-refractivity contribution in [2.24, 2.45) is 17.4 Å². The Hall–Kier alpha value is -0.610. The van der Waals surface area contributed by atoms with E-state index in [0.29, 0.717) is 0 Å². The molecule has 1 aliphatic carbocycles. The third kappa shape index (κ3) is 2.19. The normalized spacial score (nSPS) is 33.8. The van der Waals surface area contributed by atoms with Gasteiger partial charge in [0.1, 0.15) is 5.54 Å². The van der Waals surface area contributed by atoms with Crippen molar-refractivity contribution in [3.63, 3.8) is 0 Å². The fourth-order valence-electron chi connectivity index (χ4n) is 1.95. The minimum Gasteiger partial charge on any atom is -0.480 e. The summed E-state index contributed by atoms with van der Waals surface area (Å²) >= 11 is 0. The van der Waals surface area contributed by atoms with Gasteiger partial charge in [0.25, 0.3) is 0 Å². The highest BCUT2D eigenvalue weighted by atomic mass is 16.4. The highest BCUT2D eigenvalue weighted by Crippen LogP contribution is 2.30. The summed E-state index contributed by atoms with van der Waals surface area (Å²) in [5.74, 6) is -0.902. The van der Waals surface area contributed by atoms with Crippen molar-refractivity contribution in [1.29, 1.82) is 0 Å². The van der Waals surface area contributed by atoms with Gasteiger partial charge in [-0.05, 0) is 32.1 Å². The van der Waals surface area contributed by atoms with Crippen LogP contribution in [0.25, 0.3) is 0 Å². The van der Waals surface area contributed by atoms with Crippen molar-refractivity contribution in [2.45, 2.75) is 44.2 Å². The molecular formula is C9H18N2O2. The van der Waals surface area contributed by atoms with E-state index in [0.717, 1.165) is 25.7 Å². The zero-order valence-electron chi connectivity index (χ0n) is 7.99. The first-order chi connectivity index (χ1) is 5.94. The van der Waals surface area contributed by atoms with Crippen molar-refractivity contribution in [3.8, 4) is 0 Å². The fraction of sp³-hybridized carbons (Fsp3) is 0.889. The molecule has 0 heterocycles. The standard InChI is InChI=1S/C9H18N2O2/c1-9(11,8(12)13)6-3-2-4-7(10)5-6/h6-7H,2-5,10-11H2,1H3,(H,12,13). The summed E-state index contributed by atoms with van der Waals surface area (Å²) in [6.45, 7) is 1.58. The predicted octanol–water partition coefficient (Wildman–Crippen LogP) is 0.306. The van der Waals surface area contributed by atoms with Crippen LogP contribution in [-0.2, 0) is 4.79 Å². The second kappa shape index (κ2) is 3.64. The Kier molecular flexibility index (Phi) is 2.93. The van der Waals surface area contributed by atoms with E-state index in [1.54, 1.807) is 6.92 Å². The first kappa shape index (κ1) is 10.5. The fourth-order valence-corrected chi connectivity index (χ4v) is 1.95. The number of aliphatic carboxylic acids is 1. The van der Waals surface area contributed by atoms with Crippen LogP contribution in [0.2, 0.25) is 0 Å². The summed E-state index contributed by atoms with van der Waals surface area (Å²) in [4.78, 5) is 10.9. The number of hydrogen-bond donors (Lipinski definition) is 3. The zero-order chi connectivity index (χ0) is 10.1. The first-order valence-corrected chi connectivity index (χ1v) is 4.72. The SMILES string of the molecule is CC(N)(C(=O)O)C1CCCC(N)C1. The maximum absolute atomic E-state index is 10.9. The highest BCUT2D eigenvalue weighted by Gasteiger charge is 2.39. The summed E-state index contributed by atoms with van der Waals surface area (Å²) < 4.78 is 0. The summed E-state index contributed by atoms with van der Waals surface area (Å²) in [5, 5.41) is 8.91. The molecule has 1 rings (SSSR count). The Morgan fingerprint density at radius 3 is 2.62 bits per heavy atom. The number of carboxylic acid groups (broad SMARTS) is 1. The minimum atomic E-state index is -1.11.